The Morgan fingerprint density at radius 1 is 0.711 bits per heavy atom. The normalized spacial score (nSPS) is 14.7. The minimum absolute atomic E-state index is 0.303. The van der Waals surface area contributed by atoms with Crippen LogP contribution >= 0.6 is 0 Å². The molecule has 0 bridgehead atoms. The van der Waals surface area contributed by atoms with Crippen LogP contribution in [0.4, 0.5) is 5.82 Å². The van der Waals surface area contributed by atoms with Crippen LogP contribution < -0.4 is 4.90 Å². The first-order valence-electron chi connectivity index (χ1n) is 12.5. The van der Waals surface area contributed by atoms with Gasteiger partial charge in [0.05, 0.1) is 4.90 Å². The van der Waals surface area contributed by atoms with Gasteiger partial charge in [-0.1, -0.05) is 65.7 Å². The molecular weight excluding hydrogens is 498 g/mol. The predicted octanol–water partition coefficient (Wildman–Crippen LogP) is 5.08. The summed E-state index contributed by atoms with van der Waals surface area (Å²) >= 11 is 0. The Kier molecular flexibility index (Phi) is 6.17. The molecule has 1 aliphatic heterocycles. The molecule has 1 aliphatic rings. The molecule has 1 fully saturated rings. The molecule has 0 unspecified atom stereocenters. The molecule has 0 atom stereocenters. The summed E-state index contributed by atoms with van der Waals surface area (Å²) in [6.45, 7) is 5.67. The quantitative estimate of drug-likeness (QED) is 0.316. The number of aryl methyl sites for hydroxylation is 2. The lowest BCUT2D eigenvalue weighted by atomic mass is 10.1. The average molecular weight is 526 g/mol. The molecule has 38 heavy (non-hydrogen) atoms. The van der Waals surface area contributed by atoms with Crippen molar-refractivity contribution in [1.29, 1.82) is 0 Å². The number of piperazine rings is 1. The number of fused-ring (bicyclic) bond motifs is 1. The fourth-order valence-corrected chi connectivity index (χ4v) is 6.00. The van der Waals surface area contributed by atoms with Crippen molar-refractivity contribution < 1.29 is 12.8 Å². The van der Waals surface area contributed by atoms with Crippen molar-refractivity contribution in [3.8, 4) is 22.8 Å². The van der Waals surface area contributed by atoms with Gasteiger partial charge >= 0.3 is 0 Å². The minimum Gasteiger partial charge on any atom is -0.430 e. The molecule has 3 heterocycles. The lowest BCUT2D eigenvalue weighted by Crippen LogP contribution is -2.49. The van der Waals surface area contributed by atoms with Crippen LogP contribution in [0.25, 0.3) is 34.1 Å². The zero-order chi connectivity index (χ0) is 26.3. The largest absolute Gasteiger partial charge is 0.430 e. The van der Waals surface area contributed by atoms with Gasteiger partial charge in [0.15, 0.2) is 11.6 Å². The van der Waals surface area contributed by atoms with E-state index in [1.54, 1.807) is 24.3 Å². The minimum atomic E-state index is -3.56. The summed E-state index contributed by atoms with van der Waals surface area (Å²) in [6, 6.07) is 24.6. The number of nitrogens with zero attached hydrogens (tertiary/aromatic N) is 5. The monoisotopic (exact) mass is 525 g/mol. The second kappa shape index (κ2) is 9.66. The number of benzene rings is 3. The lowest BCUT2D eigenvalue weighted by molar-refractivity contribution is 0.383. The average Bonchev–Trinajstić information content (AvgIpc) is 3.38. The first-order chi connectivity index (χ1) is 18.4. The van der Waals surface area contributed by atoms with Crippen molar-refractivity contribution >= 4 is 27.1 Å². The van der Waals surface area contributed by atoms with Crippen molar-refractivity contribution in [2.45, 2.75) is 18.7 Å². The smallest absolute Gasteiger partial charge is 0.243 e. The summed E-state index contributed by atoms with van der Waals surface area (Å²) < 4.78 is 34.1. The Balaban J connectivity index is 1.37. The van der Waals surface area contributed by atoms with Gasteiger partial charge in [-0.25, -0.2) is 18.4 Å². The van der Waals surface area contributed by atoms with Crippen molar-refractivity contribution in [1.82, 2.24) is 19.3 Å². The van der Waals surface area contributed by atoms with Crippen molar-refractivity contribution in [3.63, 3.8) is 0 Å². The van der Waals surface area contributed by atoms with Gasteiger partial charge in [0.25, 0.3) is 0 Å². The fraction of sp³-hybridized carbons (Fsp3) is 0.207. The Morgan fingerprint density at radius 2 is 1.32 bits per heavy atom. The number of sulfonamides is 1. The van der Waals surface area contributed by atoms with Crippen LogP contribution in [-0.2, 0) is 10.0 Å². The standard InChI is InChI=1S/C29H27N5O3S/c1-20-8-12-22(13-9-20)26-30-27-25(37-29(32-27)23-14-10-21(2)11-15-23)28(31-26)33-16-18-34(19-17-33)38(35,36)24-6-4-3-5-7-24/h3-15H,16-19H2,1-2H3. The maximum absolute atomic E-state index is 13.1. The number of anilines is 1. The zero-order valence-electron chi connectivity index (χ0n) is 21.2. The summed E-state index contributed by atoms with van der Waals surface area (Å²) in [5, 5.41) is 0. The summed E-state index contributed by atoms with van der Waals surface area (Å²) in [5.74, 6) is 1.64. The van der Waals surface area contributed by atoms with Gasteiger partial charge in [-0.15, -0.1) is 0 Å². The van der Waals surface area contributed by atoms with E-state index in [-0.39, 0.29) is 0 Å². The van der Waals surface area contributed by atoms with E-state index in [4.69, 9.17) is 19.4 Å². The van der Waals surface area contributed by atoms with Crippen LogP contribution in [0.1, 0.15) is 11.1 Å². The second-order valence-electron chi connectivity index (χ2n) is 9.48. The predicted molar refractivity (Wildman–Crippen MR) is 147 cm³/mol. The Hall–Kier alpha value is -4.08. The molecule has 6 rings (SSSR count). The molecule has 8 nitrogen and oxygen atoms in total. The maximum atomic E-state index is 13.1. The van der Waals surface area contributed by atoms with Gasteiger partial charge in [-0.2, -0.15) is 9.29 Å². The number of hydrogen-bond donors (Lipinski definition) is 0. The van der Waals surface area contributed by atoms with E-state index in [0.29, 0.717) is 59.8 Å². The molecule has 0 amide bonds. The highest BCUT2D eigenvalue weighted by molar-refractivity contribution is 7.89. The summed E-state index contributed by atoms with van der Waals surface area (Å²) in [4.78, 5) is 16.7. The topological polar surface area (TPSA) is 92.4 Å². The SMILES string of the molecule is Cc1ccc(-c2nc(N3CCN(S(=O)(=O)c4ccccc4)CC3)c3oc(-c4ccc(C)cc4)nc3n2)cc1. The molecule has 2 aromatic heterocycles. The van der Waals surface area contributed by atoms with Gasteiger partial charge in [0, 0.05) is 37.3 Å². The molecule has 9 heteroatoms. The molecular formula is C29H27N5O3S. The molecule has 192 valence electrons. The third kappa shape index (κ3) is 4.55. The van der Waals surface area contributed by atoms with E-state index in [9.17, 15) is 8.42 Å². The first kappa shape index (κ1) is 24.3. The van der Waals surface area contributed by atoms with Crippen molar-refractivity contribution in [2.24, 2.45) is 0 Å². The maximum Gasteiger partial charge on any atom is 0.243 e. The van der Waals surface area contributed by atoms with Gasteiger partial charge in [0.2, 0.25) is 27.1 Å². The molecule has 0 spiro atoms. The highest BCUT2D eigenvalue weighted by atomic mass is 32.2. The summed E-state index contributed by atoms with van der Waals surface area (Å²) in [6.07, 6.45) is 0. The Labute approximate surface area is 221 Å². The zero-order valence-corrected chi connectivity index (χ0v) is 22.0. The molecule has 0 radical (unpaired) electrons. The van der Waals surface area contributed by atoms with Gasteiger partial charge in [-0.05, 0) is 38.1 Å². The van der Waals surface area contributed by atoms with E-state index in [1.165, 1.54) is 4.31 Å². The number of rotatable bonds is 5. The summed E-state index contributed by atoms with van der Waals surface area (Å²) in [5.41, 5.74) is 5.00. The number of oxazole rings is 1. The third-order valence-corrected chi connectivity index (χ3v) is 8.68. The lowest BCUT2D eigenvalue weighted by Gasteiger charge is -2.34. The van der Waals surface area contributed by atoms with Crippen LogP contribution in [0.15, 0.2) is 88.2 Å². The van der Waals surface area contributed by atoms with Crippen LogP contribution in [0.2, 0.25) is 0 Å². The van der Waals surface area contributed by atoms with Crippen molar-refractivity contribution in [3.05, 3.63) is 90.0 Å². The van der Waals surface area contributed by atoms with Crippen LogP contribution in [0.5, 0.6) is 0 Å². The van der Waals surface area contributed by atoms with Gasteiger partial charge in [-0.3, -0.25) is 0 Å². The number of hydrogen-bond acceptors (Lipinski definition) is 7. The van der Waals surface area contributed by atoms with Gasteiger partial charge < -0.3 is 9.32 Å². The highest BCUT2D eigenvalue weighted by Gasteiger charge is 2.31. The first-order valence-corrected chi connectivity index (χ1v) is 14.0. The Bertz CT molecular complexity index is 1690. The van der Waals surface area contributed by atoms with E-state index >= 15 is 0 Å². The molecule has 0 saturated carbocycles. The number of aromatic nitrogens is 3. The van der Waals surface area contributed by atoms with Gasteiger partial charge in [0.1, 0.15) is 0 Å². The van der Waals surface area contributed by atoms with E-state index < -0.39 is 10.0 Å². The molecule has 5 aromatic rings. The van der Waals surface area contributed by atoms with E-state index in [0.717, 1.165) is 22.3 Å². The highest BCUT2D eigenvalue weighted by Crippen LogP contribution is 2.33. The van der Waals surface area contributed by atoms with Crippen molar-refractivity contribution in [2.75, 3.05) is 31.1 Å². The molecule has 0 N–H and O–H groups in total. The van der Waals surface area contributed by atoms with E-state index in [2.05, 4.69) is 4.90 Å². The fourth-order valence-electron chi connectivity index (χ4n) is 4.56. The molecule has 0 aliphatic carbocycles. The third-order valence-electron chi connectivity index (χ3n) is 6.76. The summed E-state index contributed by atoms with van der Waals surface area (Å²) in [7, 11) is -3.56. The van der Waals surface area contributed by atoms with E-state index in [1.807, 2.05) is 68.4 Å². The molecule has 1 saturated heterocycles. The van der Waals surface area contributed by atoms with Crippen LogP contribution in [0.3, 0.4) is 0 Å². The van der Waals surface area contributed by atoms with Crippen LogP contribution in [0, 0.1) is 13.8 Å². The second-order valence-corrected chi connectivity index (χ2v) is 11.4. The Morgan fingerprint density at radius 3 is 1.95 bits per heavy atom. The van der Waals surface area contributed by atoms with Crippen LogP contribution in [-0.4, -0.2) is 53.9 Å². The molecule has 3 aromatic carbocycles.